The Labute approximate surface area is 120 Å². The second-order valence-electron chi connectivity index (χ2n) is 4.92. The minimum atomic E-state index is -1.16. The molecule has 2 heterocycles. The highest BCUT2D eigenvalue weighted by Gasteiger charge is 2.44. The molecule has 0 aromatic carbocycles. The first-order chi connectivity index (χ1) is 9.23. The Morgan fingerprint density at radius 3 is 2.80 bits per heavy atom. The van der Waals surface area contributed by atoms with Crippen LogP contribution >= 0.6 is 11.6 Å². The molecule has 1 aliphatic heterocycles. The summed E-state index contributed by atoms with van der Waals surface area (Å²) in [6.45, 7) is 2.87. The molecule has 20 heavy (non-hydrogen) atoms. The Balaban J connectivity index is 2.43. The molecule has 106 valence electrons. The lowest BCUT2D eigenvalue weighted by Crippen LogP contribution is -2.65. The van der Waals surface area contributed by atoms with Gasteiger partial charge in [-0.1, -0.05) is 11.6 Å². The van der Waals surface area contributed by atoms with Crippen molar-refractivity contribution in [3.05, 3.63) is 22.8 Å². The molecule has 0 radical (unpaired) electrons. The maximum absolute atomic E-state index is 12.5. The summed E-state index contributed by atoms with van der Waals surface area (Å²) in [6, 6.07) is 1.32. The molecule has 1 aliphatic rings. The van der Waals surface area contributed by atoms with Crippen LogP contribution in [0.15, 0.2) is 12.3 Å². The van der Waals surface area contributed by atoms with Crippen LogP contribution in [0.25, 0.3) is 0 Å². The van der Waals surface area contributed by atoms with Crippen LogP contribution in [0.4, 0.5) is 5.82 Å². The predicted octanol–water partition coefficient (Wildman–Crippen LogP) is 0.194. The third-order valence-corrected chi connectivity index (χ3v) is 3.44. The summed E-state index contributed by atoms with van der Waals surface area (Å²) in [5, 5.41) is 2.30. The van der Waals surface area contributed by atoms with Gasteiger partial charge in [-0.25, -0.2) is 4.98 Å². The number of nitrogens with two attached hydrogens (primary N) is 1. The number of imide groups is 1. The van der Waals surface area contributed by atoms with E-state index in [4.69, 9.17) is 17.3 Å². The van der Waals surface area contributed by atoms with Crippen molar-refractivity contribution in [3.8, 4) is 0 Å². The van der Waals surface area contributed by atoms with E-state index in [1.807, 2.05) is 0 Å². The summed E-state index contributed by atoms with van der Waals surface area (Å²) in [5.74, 6) is -1.50. The van der Waals surface area contributed by atoms with E-state index in [1.54, 1.807) is 13.8 Å². The first-order valence-corrected chi connectivity index (χ1v) is 6.18. The second-order valence-corrected chi connectivity index (χ2v) is 5.32. The zero-order chi connectivity index (χ0) is 15.1. The largest absolute Gasteiger partial charge is 0.384 e. The van der Waals surface area contributed by atoms with Crippen LogP contribution in [0.3, 0.4) is 0 Å². The van der Waals surface area contributed by atoms with E-state index in [1.165, 1.54) is 12.3 Å². The van der Waals surface area contributed by atoms with E-state index in [-0.39, 0.29) is 22.9 Å². The zero-order valence-electron chi connectivity index (χ0n) is 10.9. The predicted molar refractivity (Wildman–Crippen MR) is 71.9 cm³/mol. The first-order valence-electron chi connectivity index (χ1n) is 5.80. The minimum Gasteiger partial charge on any atom is -0.384 e. The highest BCUT2D eigenvalue weighted by molar-refractivity contribution is 6.34. The molecule has 2 rings (SSSR count). The Morgan fingerprint density at radius 2 is 2.15 bits per heavy atom. The SMILES string of the molecule is CC1(C)C(=O)NC(=O)CN1C(=O)c1cc(N)ncc1Cl. The van der Waals surface area contributed by atoms with Crippen molar-refractivity contribution in [1.82, 2.24) is 15.2 Å². The molecule has 1 saturated heterocycles. The fourth-order valence-corrected chi connectivity index (χ4v) is 2.06. The number of carbonyl (C=O) groups excluding carboxylic acids is 3. The van der Waals surface area contributed by atoms with Gasteiger partial charge >= 0.3 is 0 Å². The van der Waals surface area contributed by atoms with Crippen LogP contribution in [0.5, 0.6) is 0 Å². The Hall–Kier alpha value is -2.15. The average molecular weight is 297 g/mol. The van der Waals surface area contributed by atoms with Crippen LogP contribution < -0.4 is 11.1 Å². The van der Waals surface area contributed by atoms with Gasteiger partial charge in [0.1, 0.15) is 17.9 Å². The second kappa shape index (κ2) is 4.75. The monoisotopic (exact) mass is 296 g/mol. The number of nitrogens with one attached hydrogen (secondary N) is 1. The maximum atomic E-state index is 12.5. The van der Waals surface area contributed by atoms with Crippen molar-refractivity contribution < 1.29 is 14.4 Å². The lowest BCUT2D eigenvalue weighted by molar-refractivity contribution is -0.143. The van der Waals surface area contributed by atoms with Crippen molar-refractivity contribution in [1.29, 1.82) is 0 Å². The van der Waals surface area contributed by atoms with Crippen molar-refractivity contribution in [2.75, 3.05) is 12.3 Å². The van der Waals surface area contributed by atoms with Crippen LogP contribution in [0.1, 0.15) is 24.2 Å². The molecular formula is C12H13ClN4O3. The summed E-state index contributed by atoms with van der Waals surface area (Å²) in [4.78, 5) is 40.7. The van der Waals surface area contributed by atoms with Crippen molar-refractivity contribution in [2.45, 2.75) is 19.4 Å². The number of rotatable bonds is 1. The van der Waals surface area contributed by atoms with Gasteiger partial charge in [0, 0.05) is 6.20 Å². The van der Waals surface area contributed by atoms with E-state index >= 15 is 0 Å². The van der Waals surface area contributed by atoms with Crippen LogP contribution in [0, 0.1) is 0 Å². The third kappa shape index (κ3) is 2.32. The molecule has 7 nitrogen and oxygen atoms in total. The molecular weight excluding hydrogens is 284 g/mol. The third-order valence-electron chi connectivity index (χ3n) is 3.14. The van der Waals surface area contributed by atoms with Gasteiger partial charge in [-0.2, -0.15) is 0 Å². The summed E-state index contributed by atoms with van der Waals surface area (Å²) in [7, 11) is 0. The number of piperazine rings is 1. The number of hydrogen-bond acceptors (Lipinski definition) is 5. The number of nitrogen functional groups attached to an aromatic ring is 1. The van der Waals surface area contributed by atoms with Gasteiger partial charge in [0.2, 0.25) is 5.91 Å². The molecule has 3 N–H and O–H groups in total. The fraction of sp³-hybridized carbons (Fsp3) is 0.333. The van der Waals surface area contributed by atoms with E-state index in [2.05, 4.69) is 10.3 Å². The molecule has 0 atom stereocenters. The number of nitrogens with zero attached hydrogens (tertiary/aromatic N) is 2. The normalized spacial score (nSPS) is 17.9. The zero-order valence-corrected chi connectivity index (χ0v) is 11.7. The molecule has 1 fully saturated rings. The molecule has 0 aliphatic carbocycles. The van der Waals surface area contributed by atoms with Gasteiger partial charge in [0.05, 0.1) is 10.6 Å². The number of anilines is 1. The van der Waals surface area contributed by atoms with Gasteiger partial charge in [-0.3, -0.25) is 19.7 Å². The summed E-state index contributed by atoms with van der Waals surface area (Å²) < 4.78 is 0. The van der Waals surface area contributed by atoms with Crippen molar-refractivity contribution >= 4 is 35.1 Å². The molecule has 0 spiro atoms. The number of pyridine rings is 1. The Kier molecular flexibility index (Phi) is 3.39. The number of aromatic nitrogens is 1. The number of halogens is 1. The van der Waals surface area contributed by atoms with E-state index in [0.717, 1.165) is 4.90 Å². The average Bonchev–Trinajstić information content (AvgIpc) is 2.36. The van der Waals surface area contributed by atoms with Crippen molar-refractivity contribution in [3.63, 3.8) is 0 Å². The van der Waals surface area contributed by atoms with Crippen LogP contribution in [-0.4, -0.2) is 39.7 Å². The lowest BCUT2D eigenvalue weighted by Gasteiger charge is -2.40. The highest BCUT2D eigenvalue weighted by Crippen LogP contribution is 2.25. The van der Waals surface area contributed by atoms with Crippen LogP contribution in [-0.2, 0) is 9.59 Å². The molecule has 1 aromatic heterocycles. The topological polar surface area (TPSA) is 105 Å². The van der Waals surface area contributed by atoms with E-state index in [0.29, 0.717) is 0 Å². The number of hydrogen-bond donors (Lipinski definition) is 2. The van der Waals surface area contributed by atoms with Gasteiger partial charge in [-0.05, 0) is 19.9 Å². The molecule has 8 heteroatoms. The summed E-state index contributed by atoms with van der Waals surface area (Å²) >= 11 is 5.93. The van der Waals surface area contributed by atoms with Crippen molar-refractivity contribution in [2.24, 2.45) is 0 Å². The quantitative estimate of drug-likeness (QED) is 0.720. The summed E-state index contributed by atoms with van der Waals surface area (Å²) in [5.41, 5.74) is 4.48. The standard InChI is InChI=1S/C12H13ClN4O3/c1-12(2)11(20)16-9(18)5-17(12)10(19)6-3-8(14)15-4-7(6)13/h3-4H,5H2,1-2H3,(H2,14,15)(H,16,18,20). The van der Waals surface area contributed by atoms with Gasteiger partial charge in [0.25, 0.3) is 11.8 Å². The summed E-state index contributed by atoms with van der Waals surface area (Å²) in [6.07, 6.45) is 1.25. The highest BCUT2D eigenvalue weighted by atomic mass is 35.5. The number of amides is 3. The minimum absolute atomic E-state index is 0.106. The van der Waals surface area contributed by atoms with E-state index in [9.17, 15) is 14.4 Å². The fourth-order valence-electron chi connectivity index (χ4n) is 1.87. The van der Waals surface area contributed by atoms with Gasteiger partial charge in [-0.15, -0.1) is 0 Å². The first kappa shape index (κ1) is 14.3. The molecule has 0 saturated carbocycles. The van der Waals surface area contributed by atoms with Gasteiger partial charge < -0.3 is 10.6 Å². The Bertz CT molecular complexity index is 615. The van der Waals surface area contributed by atoms with E-state index < -0.39 is 23.3 Å². The molecule has 3 amide bonds. The number of carbonyl (C=O) groups is 3. The molecule has 0 bridgehead atoms. The lowest BCUT2D eigenvalue weighted by atomic mass is 9.97. The molecule has 1 aromatic rings. The Morgan fingerprint density at radius 1 is 1.50 bits per heavy atom. The maximum Gasteiger partial charge on any atom is 0.256 e. The van der Waals surface area contributed by atoms with Crippen LogP contribution in [0.2, 0.25) is 5.02 Å². The molecule has 0 unspecified atom stereocenters. The van der Waals surface area contributed by atoms with Gasteiger partial charge in [0.15, 0.2) is 0 Å². The smallest absolute Gasteiger partial charge is 0.256 e.